The topological polar surface area (TPSA) is 59.3 Å². The standard InChI is InChI=1S/C24H26N6O/c1-17-12-19(15-28(3)18(17)2)24-27-21-14-26-23(29-8-10-31-11-9-29)13-22(21)30(24)16-20-6-4-5-7-25-20/h4-7,12-15H,2,8-11,16H2,1,3H3. The van der Waals surface area contributed by atoms with Crippen LogP contribution in [0.25, 0.3) is 16.6 Å². The third-order valence-corrected chi connectivity index (χ3v) is 5.85. The number of imidazole rings is 1. The quantitative estimate of drug-likeness (QED) is 0.652. The molecule has 0 atom stereocenters. The van der Waals surface area contributed by atoms with Gasteiger partial charge in [-0.25, -0.2) is 9.97 Å². The van der Waals surface area contributed by atoms with Crippen molar-refractivity contribution in [2.45, 2.75) is 13.5 Å². The van der Waals surface area contributed by atoms with Crippen molar-refractivity contribution < 1.29 is 4.74 Å². The van der Waals surface area contributed by atoms with Crippen LogP contribution in [0.15, 0.2) is 66.8 Å². The lowest BCUT2D eigenvalue weighted by Gasteiger charge is -2.27. The van der Waals surface area contributed by atoms with Crippen LogP contribution in [0.1, 0.15) is 18.4 Å². The minimum absolute atomic E-state index is 0.633. The first-order valence-corrected chi connectivity index (χ1v) is 10.5. The van der Waals surface area contributed by atoms with Crippen LogP contribution in [0.5, 0.6) is 0 Å². The highest BCUT2D eigenvalue weighted by molar-refractivity contribution is 5.84. The van der Waals surface area contributed by atoms with E-state index in [-0.39, 0.29) is 0 Å². The highest BCUT2D eigenvalue weighted by atomic mass is 16.5. The maximum atomic E-state index is 5.50. The van der Waals surface area contributed by atoms with E-state index < -0.39 is 0 Å². The van der Waals surface area contributed by atoms with Crippen LogP contribution in [-0.4, -0.2) is 57.8 Å². The molecule has 0 amide bonds. The minimum atomic E-state index is 0.633. The number of ether oxygens (including phenoxy) is 1. The van der Waals surface area contributed by atoms with Crippen LogP contribution in [-0.2, 0) is 11.3 Å². The summed E-state index contributed by atoms with van der Waals surface area (Å²) in [5.74, 6) is 1.86. The number of hydrogen-bond acceptors (Lipinski definition) is 6. The molecule has 0 bridgehead atoms. The van der Waals surface area contributed by atoms with Crippen molar-refractivity contribution in [3.63, 3.8) is 0 Å². The van der Waals surface area contributed by atoms with Gasteiger partial charge in [0.1, 0.15) is 17.2 Å². The molecule has 5 heterocycles. The molecule has 0 aromatic carbocycles. The number of anilines is 1. The summed E-state index contributed by atoms with van der Waals surface area (Å²) in [5, 5.41) is 0. The Labute approximate surface area is 182 Å². The molecular formula is C24H26N6O. The molecule has 31 heavy (non-hydrogen) atoms. The Morgan fingerprint density at radius 1 is 1.16 bits per heavy atom. The van der Waals surface area contributed by atoms with Crippen molar-refractivity contribution in [2.24, 2.45) is 0 Å². The molecule has 3 aromatic rings. The van der Waals surface area contributed by atoms with Crippen molar-refractivity contribution in [1.29, 1.82) is 0 Å². The fourth-order valence-corrected chi connectivity index (χ4v) is 4.06. The number of allylic oxidation sites excluding steroid dienone is 3. The molecule has 3 aromatic heterocycles. The van der Waals surface area contributed by atoms with Crippen LogP contribution >= 0.6 is 0 Å². The predicted molar refractivity (Wildman–Crippen MR) is 123 cm³/mol. The third kappa shape index (κ3) is 3.72. The van der Waals surface area contributed by atoms with Crippen molar-refractivity contribution in [3.8, 4) is 0 Å². The normalized spacial score (nSPS) is 17.2. The molecule has 2 aliphatic heterocycles. The second-order valence-electron chi connectivity index (χ2n) is 7.94. The molecule has 7 nitrogen and oxygen atoms in total. The van der Waals surface area contributed by atoms with Gasteiger partial charge in [-0.1, -0.05) is 12.6 Å². The Bertz CT molecular complexity index is 1190. The van der Waals surface area contributed by atoms with Gasteiger partial charge in [-0.2, -0.15) is 0 Å². The summed E-state index contributed by atoms with van der Waals surface area (Å²) in [6, 6.07) is 8.14. The molecule has 0 saturated carbocycles. The van der Waals surface area contributed by atoms with E-state index >= 15 is 0 Å². The zero-order chi connectivity index (χ0) is 21.4. The van der Waals surface area contributed by atoms with Crippen LogP contribution in [0, 0.1) is 0 Å². The molecule has 7 heteroatoms. The summed E-state index contributed by atoms with van der Waals surface area (Å²) < 4.78 is 7.74. The van der Waals surface area contributed by atoms with Gasteiger partial charge >= 0.3 is 0 Å². The Balaban J connectivity index is 1.64. The van der Waals surface area contributed by atoms with Crippen molar-refractivity contribution in [3.05, 3.63) is 78.3 Å². The molecule has 158 valence electrons. The van der Waals surface area contributed by atoms with Crippen LogP contribution in [0.4, 0.5) is 5.82 Å². The number of morpholine rings is 1. The number of aromatic nitrogens is 4. The summed E-state index contributed by atoms with van der Waals surface area (Å²) in [6.07, 6.45) is 7.94. The van der Waals surface area contributed by atoms with Crippen LogP contribution in [0.3, 0.4) is 0 Å². The number of pyridine rings is 2. The van der Waals surface area contributed by atoms with Crippen molar-refractivity contribution in [1.82, 2.24) is 24.4 Å². The zero-order valence-corrected chi connectivity index (χ0v) is 18.0. The fourth-order valence-electron chi connectivity index (χ4n) is 4.06. The van der Waals surface area contributed by atoms with Crippen LogP contribution in [0.2, 0.25) is 0 Å². The highest BCUT2D eigenvalue weighted by Crippen LogP contribution is 2.30. The second-order valence-corrected chi connectivity index (χ2v) is 7.94. The maximum Gasteiger partial charge on any atom is 0.143 e. The first kappa shape index (κ1) is 19.5. The van der Waals surface area contributed by atoms with Crippen molar-refractivity contribution in [2.75, 3.05) is 38.3 Å². The van der Waals surface area contributed by atoms with Crippen LogP contribution < -0.4 is 4.90 Å². The Hall–Kier alpha value is -3.45. The van der Waals surface area contributed by atoms with Gasteiger partial charge in [0, 0.05) is 49.9 Å². The van der Waals surface area contributed by atoms with Gasteiger partial charge in [0.2, 0.25) is 0 Å². The molecule has 1 fully saturated rings. The summed E-state index contributed by atoms with van der Waals surface area (Å²) >= 11 is 0. The second kappa shape index (κ2) is 8.00. The molecule has 1 saturated heterocycles. The number of likely N-dealkylation sites (N-methyl/N-ethyl adjacent to an activating group) is 1. The van der Waals surface area contributed by atoms with Gasteiger partial charge in [-0.3, -0.25) is 4.98 Å². The van der Waals surface area contributed by atoms with E-state index in [0.717, 1.165) is 71.5 Å². The Morgan fingerprint density at radius 2 is 2.00 bits per heavy atom. The summed E-state index contributed by atoms with van der Waals surface area (Å²) in [6.45, 7) is 10.0. The van der Waals surface area contributed by atoms with Crippen molar-refractivity contribution >= 4 is 22.4 Å². The SMILES string of the molecule is C=C1C(C)=CC(c2nc3cnc(N4CCOCC4)cc3n2Cc2ccccn2)=CN1C. The van der Waals surface area contributed by atoms with Gasteiger partial charge in [0.15, 0.2) is 0 Å². The molecule has 0 radical (unpaired) electrons. The number of nitrogens with zero attached hydrogens (tertiary/aromatic N) is 6. The number of rotatable bonds is 4. The van der Waals surface area contributed by atoms with E-state index in [1.807, 2.05) is 42.5 Å². The highest BCUT2D eigenvalue weighted by Gasteiger charge is 2.21. The van der Waals surface area contributed by atoms with E-state index in [2.05, 4.69) is 46.3 Å². The van der Waals surface area contributed by atoms with Gasteiger partial charge in [0.25, 0.3) is 0 Å². The zero-order valence-electron chi connectivity index (χ0n) is 18.0. The first-order valence-electron chi connectivity index (χ1n) is 10.5. The lowest BCUT2D eigenvalue weighted by atomic mass is 10.1. The summed E-state index contributed by atoms with van der Waals surface area (Å²) in [7, 11) is 2.02. The smallest absolute Gasteiger partial charge is 0.143 e. The molecule has 0 spiro atoms. The van der Waals surface area contributed by atoms with Gasteiger partial charge in [0.05, 0.1) is 37.2 Å². The average Bonchev–Trinajstić information content (AvgIpc) is 3.16. The third-order valence-electron chi connectivity index (χ3n) is 5.85. The minimum Gasteiger partial charge on any atom is -0.378 e. The molecule has 0 unspecified atom stereocenters. The Kier molecular flexibility index (Phi) is 5.03. The summed E-state index contributed by atoms with van der Waals surface area (Å²) in [4.78, 5) is 18.5. The van der Waals surface area contributed by atoms with Gasteiger partial charge in [-0.05, 0) is 30.7 Å². The van der Waals surface area contributed by atoms with E-state index in [9.17, 15) is 0 Å². The molecule has 0 aliphatic carbocycles. The van der Waals surface area contributed by atoms with Gasteiger partial charge in [-0.15, -0.1) is 0 Å². The monoisotopic (exact) mass is 414 g/mol. The molecule has 2 aliphatic rings. The fraction of sp³-hybridized carbons (Fsp3) is 0.292. The Morgan fingerprint density at radius 3 is 2.74 bits per heavy atom. The average molecular weight is 415 g/mol. The lowest BCUT2D eigenvalue weighted by molar-refractivity contribution is 0.122. The predicted octanol–water partition coefficient (Wildman–Crippen LogP) is 3.46. The van der Waals surface area contributed by atoms with E-state index in [4.69, 9.17) is 14.7 Å². The largest absolute Gasteiger partial charge is 0.378 e. The molecule has 5 rings (SSSR count). The first-order chi connectivity index (χ1) is 15.1. The molecule has 0 N–H and O–H groups in total. The molecular weight excluding hydrogens is 388 g/mol. The van der Waals surface area contributed by atoms with Gasteiger partial charge < -0.3 is 19.1 Å². The van der Waals surface area contributed by atoms with E-state index in [0.29, 0.717) is 6.54 Å². The summed E-state index contributed by atoms with van der Waals surface area (Å²) in [5.41, 5.74) is 6.09. The maximum absolute atomic E-state index is 5.50. The number of hydrogen-bond donors (Lipinski definition) is 0. The lowest BCUT2D eigenvalue weighted by Crippen LogP contribution is -2.36. The number of fused-ring (bicyclic) bond motifs is 1. The van der Waals surface area contributed by atoms with E-state index in [1.165, 1.54) is 0 Å². The van der Waals surface area contributed by atoms with E-state index in [1.54, 1.807) is 0 Å².